The van der Waals surface area contributed by atoms with Crippen molar-refractivity contribution in [1.29, 1.82) is 0 Å². The Balaban J connectivity index is 1.77. The van der Waals surface area contributed by atoms with Gasteiger partial charge in [0.1, 0.15) is 5.76 Å². The van der Waals surface area contributed by atoms with Crippen LogP contribution in [0.1, 0.15) is 61.5 Å². The van der Waals surface area contributed by atoms with Gasteiger partial charge in [-0.05, 0) is 59.9 Å². The van der Waals surface area contributed by atoms with Crippen molar-refractivity contribution in [2.24, 2.45) is 0 Å². The zero-order chi connectivity index (χ0) is 23.3. The Morgan fingerprint density at radius 1 is 1.12 bits per heavy atom. The molecule has 0 aliphatic carbocycles. The molecule has 0 spiro atoms. The van der Waals surface area contributed by atoms with E-state index in [2.05, 4.69) is 18.3 Å². The van der Waals surface area contributed by atoms with Crippen LogP contribution >= 0.6 is 0 Å². The van der Waals surface area contributed by atoms with Crippen molar-refractivity contribution in [3.8, 4) is 0 Å². The van der Waals surface area contributed by atoms with Crippen molar-refractivity contribution in [2.45, 2.75) is 50.7 Å². The third-order valence-electron chi connectivity index (χ3n) is 6.26. The van der Waals surface area contributed by atoms with Gasteiger partial charge in [0.25, 0.3) is 5.91 Å². The van der Waals surface area contributed by atoms with Crippen molar-refractivity contribution < 1.29 is 19.1 Å². The molecule has 1 amide bonds. The Labute approximate surface area is 195 Å². The largest absolute Gasteiger partial charge is 0.465 e. The number of unbranched alkanes of at least 4 members (excludes halogenated alkanes) is 3. The maximum atomic E-state index is 12.7. The lowest BCUT2D eigenvalue weighted by Gasteiger charge is -2.40. The number of carbonyl (C=O) groups is 1. The third kappa shape index (κ3) is 4.65. The number of methoxy groups -OCH3 is 1. The van der Waals surface area contributed by atoms with Gasteiger partial charge in [-0.2, -0.15) is 0 Å². The van der Waals surface area contributed by atoms with Gasteiger partial charge in [-0.3, -0.25) is 4.79 Å². The predicted octanol–water partition coefficient (Wildman–Crippen LogP) is 5.99. The number of nitrogens with one attached hydrogen (secondary N) is 1. The number of fused-ring (bicyclic) bond motifs is 1. The highest BCUT2D eigenvalue weighted by molar-refractivity contribution is 6.00. The molecule has 2 heterocycles. The van der Waals surface area contributed by atoms with Gasteiger partial charge in [-0.15, -0.1) is 0 Å². The molecule has 3 aromatic rings. The van der Waals surface area contributed by atoms with E-state index in [1.165, 1.54) is 26.4 Å². The van der Waals surface area contributed by atoms with Crippen molar-refractivity contribution in [3.05, 3.63) is 89.4 Å². The first-order valence-electron chi connectivity index (χ1n) is 11.6. The number of benzene rings is 2. The number of rotatable bonds is 9. The molecule has 5 heteroatoms. The number of hydrogen-bond donors (Lipinski definition) is 2. The summed E-state index contributed by atoms with van der Waals surface area (Å²) in [5, 5.41) is 14.8. The van der Waals surface area contributed by atoms with Crippen molar-refractivity contribution >= 4 is 23.2 Å². The van der Waals surface area contributed by atoms with Gasteiger partial charge in [0.15, 0.2) is 11.7 Å². The van der Waals surface area contributed by atoms with E-state index in [9.17, 15) is 9.90 Å². The van der Waals surface area contributed by atoms with E-state index in [-0.39, 0.29) is 5.91 Å². The highest BCUT2D eigenvalue weighted by atomic mass is 16.5. The van der Waals surface area contributed by atoms with Crippen LogP contribution < -0.4 is 5.32 Å². The van der Waals surface area contributed by atoms with E-state index >= 15 is 0 Å². The molecule has 0 bridgehead atoms. The Morgan fingerprint density at radius 2 is 1.94 bits per heavy atom. The minimum atomic E-state index is -1.61. The normalized spacial score (nSPS) is 20.4. The molecule has 0 saturated heterocycles. The molecule has 1 aliphatic heterocycles. The second-order valence-electron chi connectivity index (χ2n) is 8.50. The van der Waals surface area contributed by atoms with E-state index in [0.717, 1.165) is 29.7 Å². The third-order valence-corrected chi connectivity index (χ3v) is 6.26. The van der Waals surface area contributed by atoms with Crippen LogP contribution in [0.5, 0.6) is 0 Å². The Morgan fingerprint density at radius 3 is 2.64 bits per heavy atom. The summed E-state index contributed by atoms with van der Waals surface area (Å²) in [6.07, 6.45) is 8.30. The quantitative estimate of drug-likeness (QED) is 0.397. The second-order valence-corrected chi connectivity index (χ2v) is 8.50. The molecule has 2 unspecified atom stereocenters. The first-order valence-corrected chi connectivity index (χ1v) is 11.6. The van der Waals surface area contributed by atoms with Crippen LogP contribution in [-0.4, -0.2) is 24.2 Å². The summed E-state index contributed by atoms with van der Waals surface area (Å²) in [6.45, 7) is 2.20. The number of hydrogen-bond acceptors (Lipinski definition) is 4. The van der Waals surface area contributed by atoms with E-state index in [1.807, 2.05) is 60.7 Å². The van der Waals surface area contributed by atoms with Gasteiger partial charge in [0.05, 0.1) is 6.26 Å². The smallest absolute Gasteiger partial charge is 0.257 e. The molecule has 0 saturated carbocycles. The van der Waals surface area contributed by atoms with Gasteiger partial charge >= 0.3 is 0 Å². The van der Waals surface area contributed by atoms with Crippen molar-refractivity contribution in [1.82, 2.24) is 0 Å². The summed E-state index contributed by atoms with van der Waals surface area (Å²) < 4.78 is 11.2. The predicted molar refractivity (Wildman–Crippen MR) is 131 cm³/mol. The topological polar surface area (TPSA) is 71.7 Å². The number of aliphatic hydroxyl groups is 1. The molecular weight excluding hydrogens is 414 g/mol. The summed E-state index contributed by atoms with van der Waals surface area (Å²) in [4.78, 5) is 12.7. The number of furan rings is 1. The minimum Gasteiger partial charge on any atom is -0.465 e. The molecule has 1 aliphatic rings. The van der Waals surface area contributed by atoms with E-state index in [4.69, 9.17) is 9.15 Å². The van der Waals surface area contributed by atoms with Crippen LogP contribution in [0.3, 0.4) is 0 Å². The van der Waals surface area contributed by atoms with E-state index in [0.29, 0.717) is 16.8 Å². The molecule has 1 aromatic heterocycles. The summed E-state index contributed by atoms with van der Waals surface area (Å²) in [5.74, 6) is 0.484. The second kappa shape index (κ2) is 10.2. The Hall–Kier alpha value is -3.15. The standard InChI is InChI=1S/C28H31NO4/c1-3-4-5-7-11-21(25-14-10-17-33-25)18-20-15-16-24-23(19-20)28(31,22-12-8-6-9-13-22)26(32-2)27(30)29-24/h6,8-10,12-19,26,31H,3-5,7,11H2,1-2H3,(H,29,30)/b21-18+. The minimum absolute atomic E-state index is 0.369. The fraction of sp³-hybridized carbons (Fsp3) is 0.321. The Bertz CT molecular complexity index is 1100. The number of amides is 1. The van der Waals surface area contributed by atoms with Crippen molar-refractivity contribution in [2.75, 3.05) is 12.4 Å². The Kier molecular flexibility index (Phi) is 7.11. The molecule has 2 aromatic carbocycles. The molecule has 2 atom stereocenters. The molecule has 0 fully saturated rings. The molecule has 5 nitrogen and oxygen atoms in total. The zero-order valence-electron chi connectivity index (χ0n) is 19.2. The monoisotopic (exact) mass is 445 g/mol. The SMILES string of the molecule is CCCCCC/C(=C\c1ccc2c(c1)C(O)(c1ccccc1)C(OC)C(=O)N2)c1ccco1. The summed E-state index contributed by atoms with van der Waals surface area (Å²) >= 11 is 0. The average Bonchev–Trinajstić information content (AvgIpc) is 3.37. The van der Waals surface area contributed by atoms with Crippen LogP contribution in [-0.2, 0) is 15.1 Å². The number of allylic oxidation sites excluding steroid dienone is 1. The molecule has 4 rings (SSSR count). The highest BCUT2D eigenvalue weighted by Gasteiger charge is 2.49. The van der Waals surface area contributed by atoms with Gasteiger partial charge in [0.2, 0.25) is 0 Å². The molecule has 33 heavy (non-hydrogen) atoms. The molecule has 2 N–H and O–H groups in total. The van der Waals surface area contributed by atoms with Crippen LogP contribution in [0.4, 0.5) is 5.69 Å². The van der Waals surface area contributed by atoms with Crippen LogP contribution in [0, 0.1) is 0 Å². The molecule has 172 valence electrons. The van der Waals surface area contributed by atoms with Crippen LogP contribution in [0.25, 0.3) is 11.6 Å². The maximum Gasteiger partial charge on any atom is 0.257 e. The average molecular weight is 446 g/mol. The fourth-order valence-corrected chi connectivity index (χ4v) is 4.55. The van der Waals surface area contributed by atoms with Crippen LogP contribution in [0.2, 0.25) is 0 Å². The van der Waals surface area contributed by atoms with Gasteiger partial charge < -0.3 is 19.6 Å². The number of ether oxygens (including phenoxy) is 1. The summed E-state index contributed by atoms with van der Waals surface area (Å²) in [7, 11) is 1.44. The molecule has 0 radical (unpaired) electrons. The van der Waals surface area contributed by atoms with Gasteiger partial charge in [-0.25, -0.2) is 0 Å². The lowest BCUT2D eigenvalue weighted by atomic mass is 9.77. The summed E-state index contributed by atoms with van der Waals surface area (Å²) in [6, 6.07) is 18.8. The van der Waals surface area contributed by atoms with Gasteiger partial charge in [-0.1, -0.05) is 62.6 Å². The van der Waals surface area contributed by atoms with Crippen LogP contribution in [0.15, 0.2) is 71.3 Å². The number of carbonyl (C=O) groups excluding carboxylic acids is 1. The van der Waals surface area contributed by atoms with E-state index < -0.39 is 11.7 Å². The summed E-state index contributed by atoms with van der Waals surface area (Å²) in [5.41, 5.74) is 2.24. The zero-order valence-corrected chi connectivity index (χ0v) is 19.2. The van der Waals surface area contributed by atoms with Gasteiger partial charge in [0, 0.05) is 18.4 Å². The highest BCUT2D eigenvalue weighted by Crippen LogP contribution is 2.43. The molecular formula is C28H31NO4. The maximum absolute atomic E-state index is 12.7. The first kappa shape index (κ1) is 23.0. The first-order chi connectivity index (χ1) is 16.1. The van der Waals surface area contributed by atoms with Crippen molar-refractivity contribution in [3.63, 3.8) is 0 Å². The lowest BCUT2D eigenvalue weighted by Crippen LogP contribution is -2.52. The fourth-order valence-electron chi connectivity index (χ4n) is 4.55. The number of anilines is 1. The van der Waals surface area contributed by atoms with E-state index in [1.54, 1.807) is 6.26 Å². The lowest BCUT2D eigenvalue weighted by molar-refractivity contribution is -0.142.